The van der Waals surface area contributed by atoms with E-state index in [0.29, 0.717) is 18.2 Å². The van der Waals surface area contributed by atoms with Crippen LogP contribution in [0.3, 0.4) is 0 Å². The molecule has 25 heavy (non-hydrogen) atoms. The van der Waals surface area contributed by atoms with Crippen LogP contribution in [0.4, 0.5) is 0 Å². The molecule has 1 saturated heterocycles. The van der Waals surface area contributed by atoms with Crippen LogP contribution in [0.5, 0.6) is 5.75 Å². The molecule has 0 N–H and O–H groups in total. The smallest absolute Gasteiger partial charge is 0.253 e. The number of carbonyl (C=O) groups is 1. The van der Waals surface area contributed by atoms with Gasteiger partial charge in [-0.3, -0.25) is 4.79 Å². The number of benzene rings is 2. The van der Waals surface area contributed by atoms with E-state index < -0.39 is 0 Å². The molecule has 2 aromatic carbocycles. The zero-order valence-corrected chi connectivity index (χ0v) is 15.0. The minimum atomic E-state index is 0.0872. The van der Waals surface area contributed by atoms with Crippen LogP contribution < -0.4 is 4.74 Å². The fraction of sp³-hybridized carbons (Fsp3) is 0.381. The normalized spacial score (nSPS) is 15.8. The predicted octanol–water partition coefficient (Wildman–Crippen LogP) is 3.43. The van der Waals surface area contributed by atoms with Crippen LogP contribution >= 0.6 is 0 Å². The Morgan fingerprint density at radius 2 is 1.72 bits per heavy atom. The summed E-state index contributed by atoms with van der Waals surface area (Å²) >= 11 is 0. The maximum Gasteiger partial charge on any atom is 0.253 e. The largest absolute Gasteiger partial charge is 0.489 e. The van der Waals surface area contributed by atoms with Crippen molar-refractivity contribution in [3.8, 4) is 5.75 Å². The van der Waals surface area contributed by atoms with Gasteiger partial charge in [0, 0.05) is 18.7 Å². The van der Waals surface area contributed by atoms with E-state index in [1.165, 1.54) is 0 Å². The topological polar surface area (TPSA) is 32.8 Å². The second-order valence-electron chi connectivity index (χ2n) is 6.75. The number of piperidine rings is 1. The molecule has 1 aliphatic heterocycles. The molecule has 1 aliphatic rings. The zero-order valence-electron chi connectivity index (χ0n) is 15.0. The first kappa shape index (κ1) is 17.5. The highest BCUT2D eigenvalue weighted by Crippen LogP contribution is 2.19. The van der Waals surface area contributed by atoms with Crippen molar-refractivity contribution in [1.29, 1.82) is 0 Å². The Hall–Kier alpha value is -2.33. The molecule has 0 radical (unpaired) electrons. The highest BCUT2D eigenvalue weighted by Gasteiger charge is 2.24. The summed E-state index contributed by atoms with van der Waals surface area (Å²) in [7, 11) is 4.05. The molecule has 0 spiro atoms. The quantitative estimate of drug-likeness (QED) is 0.837. The molecule has 1 fully saturated rings. The minimum Gasteiger partial charge on any atom is -0.489 e. The van der Waals surface area contributed by atoms with E-state index in [2.05, 4.69) is 11.9 Å². The number of likely N-dealkylation sites (tertiary alicyclic amines) is 1. The van der Waals surface area contributed by atoms with Crippen LogP contribution in [0.1, 0.15) is 28.8 Å². The molecule has 1 amide bonds. The highest BCUT2D eigenvalue weighted by molar-refractivity contribution is 5.94. The third kappa shape index (κ3) is 4.60. The molecular weight excluding hydrogens is 312 g/mol. The van der Waals surface area contributed by atoms with E-state index >= 15 is 0 Å². The lowest BCUT2D eigenvalue weighted by Crippen LogP contribution is -2.44. The molecule has 1 heterocycles. The van der Waals surface area contributed by atoms with Crippen molar-refractivity contribution in [2.75, 3.05) is 27.2 Å². The summed E-state index contributed by atoms with van der Waals surface area (Å²) in [4.78, 5) is 16.9. The molecule has 0 bridgehead atoms. The Kier molecular flexibility index (Phi) is 5.71. The van der Waals surface area contributed by atoms with Gasteiger partial charge < -0.3 is 14.5 Å². The molecule has 132 valence electrons. The Morgan fingerprint density at radius 1 is 1.08 bits per heavy atom. The Labute approximate surface area is 150 Å². The number of hydrogen-bond acceptors (Lipinski definition) is 3. The molecule has 0 aromatic heterocycles. The minimum absolute atomic E-state index is 0.0872. The van der Waals surface area contributed by atoms with E-state index in [1.807, 2.05) is 66.5 Å². The average Bonchev–Trinajstić information content (AvgIpc) is 2.67. The van der Waals surface area contributed by atoms with E-state index in [-0.39, 0.29) is 5.91 Å². The van der Waals surface area contributed by atoms with Gasteiger partial charge in [0.1, 0.15) is 12.4 Å². The summed E-state index contributed by atoms with van der Waals surface area (Å²) in [6, 6.07) is 17.9. The monoisotopic (exact) mass is 338 g/mol. The highest BCUT2D eigenvalue weighted by atomic mass is 16.5. The molecule has 3 rings (SSSR count). The van der Waals surface area contributed by atoms with Crippen molar-refractivity contribution in [1.82, 2.24) is 9.80 Å². The van der Waals surface area contributed by atoms with Crippen molar-refractivity contribution in [2.45, 2.75) is 25.5 Å². The fourth-order valence-corrected chi connectivity index (χ4v) is 3.19. The van der Waals surface area contributed by atoms with Gasteiger partial charge in [-0.1, -0.05) is 30.3 Å². The number of amides is 1. The lowest BCUT2D eigenvalue weighted by atomic mass is 10.0. The van der Waals surface area contributed by atoms with Crippen LogP contribution in [0.15, 0.2) is 54.6 Å². The number of rotatable bonds is 5. The van der Waals surface area contributed by atoms with E-state index in [9.17, 15) is 4.79 Å². The van der Waals surface area contributed by atoms with Crippen molar-refractivity contribution in [3.63, 3.8) is 0 Å². The summed E-state index contributed by atoms with van der Waals surface area (Å²) in [5, 5.41) is 0. The third-order valence-electron chi connectivity index (χ3n) is 4.91. The first-order valence-corrected chi connectivity index (χ1v) is 8.86. The van der Waals surface area contributed by atoms with Gasteiger partial charge in [-0.15, -0.1) is 0 Å². The first-order chi connectivity index (χ1) is 12.1. The van der Waals surface area contributed by atoms with E-state index in [0.717, 1.165) is 37.2 Å². The van der Waals surface area contributed by atoms with Crippen LogP contribution in [-0.2, 0) is 6.61 Å². The summed E-state index contributed by atoms with van der Waals surface area (Å²) in [5.41, 5.74) is 1.85. The second-order valence-corrected chi connectivity index (χ2v) is 6.75. The fourth-order valence-electron chi connectivity index (χ4n) is 3.19. The second kappa shape index (κ2) is 8.17. The summed E-state index contributed by atoms with van der Waals surface area (Å²) < 4.78 is 5.78. The third-order valence-corrected chi connectivity index (χ3v) is 4.91. The van der Waals surface area contributed by atoms with Gasteiger partial charge in [0.15, 0.2) is 0 Å². The van der Waals surface area contributed by atoms with Gasteiger partial charge in [0.2, 0.25) is 0 Å². The van der Waals surface area contributed by atoms with Crippen LogP contribution in [0, 0.1) is 0 Å². The Morgan fingerprint density at radius 3 is 2.36 bits per heavy atom. The van der Waals surface area contributed by atoms with Gasteiger partial charge in [-0.05, 0) is 62.8 Å². The number of ether oxygens (including phenoxy) is 1. The van der Waals surface area contributed by atoms with Crippen LogP contribution in [-0.4, -0.2) is 48.9 Å². The van der Waals surface area contributed by atoms with Gasteiger partial charge in [-0.2, -0.15) is 0 Å². The van der Waals surface area contributed by atoms with E-state index in [1.54, 1.807) is 0 Å². The lowest BCUT2D eigenvalue weighted by Gasteiger charge is -2.35. The van der Waals surface area contributed by atoms with E-state index in [4.69, 9.17) is 4.74 Å². The zero-order chi connectivity index (χ0) is 17.6. The number of hydrogen-bond donors (Lipinski definition) is 0. The van der Waals surface area contributed by atoms with Gasteiger partial charge in [0.25, 0.3) is 5.91 Å². The van der Waals surface area contributed by atoms with Crippen LogP contribution in [0.25, 0.3) is 0 Å². The molecule has 0 aliphatic carbocycles. The van der Waals surface area contributed by atoms with Crippen molar-refractivity contribution >= 4 is 5.91 Å². The maximum absolute atomic E-state index is 12.7. The molecule has 0 unspecified atom stereocenters. The SMILES string of the molecule is CN1CCC(N(C)C(=O)c2ccc(OCc3ccccc3)cc2)CC1. The van der Waals surface area contributed by atoms with Gasteiger partial charge in [-0.25, -0.2) is 0 Å². The molecule has 2 aromatic rings. The van der Waals surface area contributed by atoms with Crippen LogP contribution in [0.2, 0.25) is 0 Å². The summed E-state index contributed by atoms with van der Waals surface area (Å²) in [5.74, 6) is 0.867. The van der Waals surface area contributed by atoms with Gasteiger partial charge >= 0.3 is 0 Å². The molecule has 4 heteroatoms. The molecular formula is C21H26N2O2. The average molecular weight is 338 g/mol. The first-order valence-electron chi connectivity index (χ1n) is 8.86. The van der Waals surface area contributed by atoms with Gasteiger partial charge in [0.05, 0.1) is 0 Å². The van der Waals surface area contributed by atoms with Crippen molar-refractivity contribution in [2.24, 2.45) is 0 Å². The summed E-state index contributed by atoms with van der Waals surface area (Å²) in [6.45, 7) is 2.63. The number of nitrogens with zero attached hydrogens (tertiary/aromatic N) is 2. The molecule has 4 nitrogen and oxygen atoms in total. The Bertz CT molecular complexity index is 677. The number of carbonyl (C=O) groups excluding carboxylic acids is 1. The molecule has 0 atom stereocenters. The predicted molar refractivity (Wildman–Crippen MR) is 99.8 cm³/mol. The lowest BCUT2D eigenvalue weighted by molar-refractivity contribution is 0.0659. The standard InChI is InChI=1S/C21H26N2O2/c1-22-14-12-19(13-15-22)23(2)21(24)18-8-10-20(11-9-18)25-16-17-6-4-3-5-7-17/h3-11,19H,12-16H2,1-2H3. The summed E-state index contributed by atoms with van der Waals surface area (Å²) in [6.07, 6.45) is 2.08. The van der Waals surface area contributed by atoms with Crippen molar-refractivity contribution < 1.29 is 9.53 Å². The maximum atomic E-state index is 12.7. The Balaban J connectivity index is 1.56. The molecule has 0 saturated carbocycles. The van der Waals surface area contributed by atoms with Crippen molar-refractivity contribution in [3.05, 3.63) is 65.7 Å².